The Morgan fingerprint density at radius 3 is 2.37 bits per heavy atom. The summed E-state index contributed by atoms with van der Waals surface area (Å²) in [5.41, 5.74) is 4.04. The first kappa shape index (κ1) is 24.8. The van der Waals surface area contributed by atoms with Gasteiger partial charge in [0.05, 0.1) is 11.6 Å². The van der Waals surface area contributed by atoms with Crippen molar-refractivity contribution in [3.05, 3.63) is 70.6 Å². The van der Waals surface area contributed by atoms with Crippen molar-refractivity contribution < 1.29 is 19.4 Å². The third-order valence-corrected chi connectivity index (χ3v) is 7.13. The third-order valence-electron chi connectivity index (χ3n) is 7.13. The molecule has 7 heteroatoms. The number of hydrogen-bond donors (Lipinski definition) is 2. The number of benzene rings is 1. The van der Waals surface area contributed by atoms with Gasteiger partial charge in [0.15, 0.2) is 0 Å². The monoisotopic (exact) mass is 477 g/mol. The quantitative estimate of drug-likeness (QED) is 0.255. The van der Waals surface area contributed by atoms with Crippen LogP contribution in [0.3, 0.4) is 0 Å². The fourth-order valence-electron chi connectivity index (χ4n) is 5.19. The van der Waals surface area contributed by atoms with E-state index in [0.29, 0.717) is 31.0 Å². The molecule has 0 radical (unpaired) electrons. The van der Waals surface area contributed by atoms with E-state index < -0.39 is 17.7 Å². The van der Waals surface area contributed by atoms with Crippen LogP contribution in [-0.4, -0.2) is 64.4 Å². The molecule has 1 unspecified atom stereocenters. The summed E-state index contributed by atoms with van der Waals surface area (Å²) in [5, 5.41) is 11.4. The van der Waals surface area contributed by atoms with E-state index in [1.165, 1.54) is 6.42 Å². The number of carbonyl (C=O) groups is 2. The van der Waals surface area contributed by atoms with E-state index in [1.807, 2.05) is 45.0 Å². The molecule has 1 aromatic carbocycles. The number of nitrogens with zero attached hydrogens (tertiary/aromatic N) is 2. The second-order valence-electron chi connectivity index (χ2n) is 9.44. The van der Waals surface area contributed by atoms with Gasteiger partial charge in [0.2, 0.25) is 0 Å². The van der Waals surface area contributed by atoms with Crippen molar-refractivity contribution in [2.75, 3.05) is 32.8 Å². The average molecular weight is 478 g/mol. The Morgan fingerprint density at radius 1 is 1.09 bits per heavy atom. The van der Waals surface area contributed by atoms with E-state index >= 15 is 0 Å². The van der Waals surface area contributed by atoms with Gasteiger partial charge < -0.3 is 24.6 Å². The van der Waals surface area contributed by atoms with Crippen molar-refractivity contribution in [2.24, 2.45) is 0 Å². The Balaban J connectivity index is 1.75. The Hall–Kier alpha value is -3.32. The Labute approximate surface area is 207 Å². The van der Waals surface area contributed by atoms with Gasteiger partial charge in [0.25, 0.3) is 11.7 Å². The number of aliphatic hydroxyl groups is 1. The van der Waals surface area contributed by atoms with Gasteiger partial charge in [-0.25, -0.2) is 0 Å². The van der Waals surface area contributed by atoms with E-state index in [2.05, 4.69) is 16.5 Å². The lowest BCUT2D eigenvalue weighted by molar-refractivity contribution is -0.140. The van der Waals surface area contributed by atoms with Crippen LogP contribution in [-0.2, 0) is 9.59 Å². The second kappa shape index (κ2) is 10.5. The minimum absolute atomic E-state index is 0.125. The highest BCUT2D eigenvalue weighted by Crippen LogP contribution is 2.41. The molecule has 7 nitrogen and oxygen atoms in total. The number of Topliss-reactive ketones (excluding diaryl/α,β-unsaturated/α-hetero) is 1. The molecule has 0 saturated carbocycles. The van der Waals surface area contributed by atoms with Gasteiger partial charge in [-0.2, -0.15) is 0 Å². The van der Waals surface area contributed by atoms with Gasteiger partial charge in [-0.05, 0) is 70.0 Å². The van der Waals surface area contributed by atoms with E-state index in [-0.39, 0.29) is 11.3 Å². The third kappa shape index (κ3) is 4.91. The molecule has 2 fully saturated rings. The van der Waals surface area contributed by atoms with Crippen LogP contribution in [0.25, 0.3) is 5.76 Å². The summed E-state index contributed by atoms with van der Waals surface area (Å²) >= 11 is 0. The maximum absolute atomic E-state index is 13.3. The molecule has 4 rings (SSSR count). The predicted octanol–water partition coefficient (Wildman–Crippen LogP) is 4.41. The smallest absolute Gasteiger partial charge is 0.295 e. The molecule has 2 aliphatic rings. The lowest BCUT2D eigenvalue weighted by Crippen LogP contribution is -2.39. The van der Waals surface area contributed by atoms with Gasteiger partial charge in [0.1, 0.15) is 18.1 Å². The van der Waals surface area contributed by atoms with E-state index in [9.17, 15) is 14.7 Å². The number of H-pyrrole nitrogens is 1. The average Bonchev–Trinajstić information content (AvgIpc) is 3.27. The minimum atomic E-state index is -0.665. The van der Waals surface area contributed by atoms with Crippen molar-refractivity contribution in [3.63, 3.8) is 0 Å². The standard InChI is InChI=1S/C28H35N3O4/c1-5-17-35-22-11-9-21(10-12-22)25-24(26(32)23-18(2)19(3)29-20(23)4)27(33)28(34)31(25)16-15-30-13-7-6-8-14-30/h5,9-12,25,29,32H,1,6-8,13-17H2,2-4H3/b26-24+. The molecular weight excluding hydrogens is 442 g/mol. The molecule has 0 bridgehead atoms. The summed E-state index contributed by atoms with van der Waals surface area (Å²) in [6, 6.07) is 6.69. The van der Waals surface area contributed by atoms with E-state index in [4.69, 9.17) is 4.74 Å². The SMILES string of the molecule is C=CCOc1ccc(C2/C(=C(\O)c3c(C)[nH]c(C)c3C)C(=O)C(=O)N2CCN2CCCCC2)cc1. The number of nitrogens with one attached hydrogen (secondary N) is 1. The topological polar surface area (TPSA) is 85.9 Å². The predicted molar refractivity (Wildman–Crippen MR) is 136 cm³/mol. The molecule has 1 atom stereocenters. The van der Waals surface area contributed by atoms with Crippen LogP contribution in [0.2, 0.25) is 0 Å². The molecule has 1 aromatic heterocycles. The molecule has 2 aliphatic heterocycles. The Kier molecular flexibility index (Phi) is 7.45. The van der Waals surface area contributed by atoms with Crippen LogP contribution in [0.15, 0.2) is 42.5 Å². The first-order chi connectivity index (χ1) is 16.8. The molecule has 1 amide bonds. The number of aromatic amines is 1. The number of aliphatic hydroxyl groups excluding tert-OH is 1. The number of likely N-dealkylation sites (tertiary alicyclic amines) is 2. The van der Waals surface area contributed by atoms with Gasteiger partial charge >= 0.3 is 0 Å². The minimum Gasteiger partial charge on any atom is -0.507 e. The molecule has 186 valence electrons. The highest BCUT2D eigenvalue weighted by Gasteiger charge is 2.46. The molecular formula is C28H35N3O4. The number of aromatic nitrogens is 1. The van der Waals surface area contributed by atoms with Crippen LogP contribution >= 0.6 is 0 Å². The van der Waals surface area contributed by atoms with Crippen LogP contribution in [0.1, 0.15) is 53.4 Å². The van der Waals surface area contributed by atoms with Crippen LogP contribution in [0.5, 0.6) is 5.75 Å². The normalized spacial score (nSPS) is 20.4. The summed E-state index contributed by atoms with van der Waals surface area (Å²) in [4.78, 5) is 33.8. The lowest BCUT2D eigenvalue weighted by atomic mass is 9.94. The summed E-state index contributed by atoms with van der Waals surface area (Å²) < 4.78 is 5.61. The maximum Gasteiger partial charge on any atom is 0.295 e. The summed E-state index contributed by atoms with van der Waals surface area (Å²) in [6.07, 6.45) is 5.21. The van der Waals surface area contributed by atoms with Crippen molar-refractivity contribution >= 4 is 17.4 Å². The summed E-state index contributed by atoms with van der Waals surface area (Å²) in [5.74, 6) is -0.661. The zero-order valence-corrected chi connectivity index (χ0v) is 20.9. The van der Waals surface area contributed by atoms with E-state index in [1.54, 1.807) is 11.0 Å². The first-order valence-electron chi connectivity index (χ1n) is 12.3. The zero-order valence-electron chi connectivity index (χ0n) is 20.9. The number of hydrogen-bond acceptors (Lipinski definition) is 5. The van der Waals surface area contributed by atoms with Crippen LogP contribution in [0, 0.1) is 20.8 Å². The van der Waals surface area contributed by atoms with Crippen molar-refractivity contribution in [1.29, 1.82) is 0 Å². The Bertz CT molecular complexity index is 1140. The highest BCUT2D eigenvalue weighted by atomic mass is 16.5. The number of rotatable bonds is 8. The molecule has 0 spiro atoms. The number of aryl methyl sites for hydroxylation is 2. The van der Waals surface area contributed by atoms with Gasteiger partial charge in [-0.1, -0.05) is 31.2 Å². The van der Waals surface area contributed by atoms with Gasteiger partial charge in [0, 0.05) is 30.0 Å². The summed E-state index contributed by atoms with van der Waals surface area (Å²) in [6.45, 7) is 12.9. The number of ketones is 1. The molecule has 2 saturated heterocycles. The molecule has 2 aromatic rings. The zero-order chi connectivity index (χ0) is 25.1. The molecule has 0 aliphatic carbocycles. The fourth-order valence-corrected chi connectivity index (χ4v) is 5.19. The second-order valence-corrected chi connectivity index (χ2v) is 9.44. The Morgan fingerprint density at radius 2 is 1.77 bits per heavy atom. The molecule has 2 N–H and O–H groups in total. The largest absolute Gasteiger partial charge is 0.507 e. The molecule has 35 heavy (non-hydrogen) atoms. The van der Waals surface area contributed by atoms with Gasteiger partial charge in [-0.3, -0.25) is 9.59 Å². The maximum atomic E-state index is 13.3. The number of piperidine rings is 1. The van der Waals surface area contributed by atoms with E-state index in [0.717, 1.165) is 48.4 Å². The van der Waals surface area contributed by atoms with Crippen molar-refractivity contribution in [1.82, 2.24) is 14.8 Å². The number of carbonyl (C=O) groups excluding carboxylic acids is 2. The van der Waals surface area contributed by atoms with Crippen LogP contribution in [0.4, 0.5) is 0 Å². The van der Waals surface area contributed by atoms with Crippen molar-refractivity contribution in [3.8, 4) is 5.75 Å². The summed E-state index contributed by atoms with van der Waals surface area (Å²) in [7, 11) is 0. The highest BCUT2D eigenvalue weighted by molar-refractivity contribution is 6.46. The lowest BCUT2D eigenvalue weighted by Gasteiger charge is -2.31. The molecule has 3 heterocycles. The van der Waals surface area contributed by atoms with Gasteiger partial charge in [-0.15, -0.1) is 0 Å². The van der Waals surface area contributed by atoms with Crippen molar-refractivity contribution in [2.45, 2.75) is 46.1 Å². The number of amides is 1. The number of ether oxygens (including phenoxy) is 1. The fraction of sp³-hybridized carbons (Fsp3) is 0.429. The van der Waals surface area contributed by atoms with Crippen LogP contribution < -0.4 is 4.74 Å². The first-order valence-corrected chi connectivity index (χ1v) is 12.3.